The topological polar surface area (TPSA) is 63.4 Å². The number of nitrogens with zero attached hydrogens (tertiary/aromatic N) is 3. The van der Waals surface area contributed by atoms with E-state index in [1.807, 2.05) is 4.90 Å². The fourth-order valence-corrected chi connectivity index (χ4v) is 2.33. The van der Waals surface area contributed by atoms with Crippen LogP contribution in [0.3, 0.4) is 0 Å². The molecule has 1 aliphatic rings. The molecule has 0 bridgehead atoms. The summed E-state index contributed by atoms with van der Waals surface area (Å²) in [6.45, 7) is 0.498. The van der Waals surface area contributed by atoms with Gasteiger partial charge in [-0.1, -0.05) is 18.2 Å². The molecule has 0 atom stereocenters. The predicted molar refractivity (Wildman–Crippen MR) is 75.3 cm³/mol. The van der Waals surface area contributed by atoms with Crippen LogP contribution in [-0.2, 0) is 6.42 Å². The zero-order chi connectivity index (χ0) is 15.4. The molecular weight excluding hydrogens is 294 g/mol. The summed E-state index contributed by atoms with van der Waals surface area (Å²) in [5, 5.41) is 7.19. The number of alkyl halides is 2. The molecule has 0 spiro atoms. The maximum atomic E-state index is 12.4. The minimum atomic E-state index is -2.86. The molecule has 2 heterocycles. The molecule has 1 fully saturated rings. The highest BCUT2D eigenvalue weighted by molar-refractivity contribution is 5.36. The van der Waals surface area contributed by atoms with Crippen molar-refractivity contribution >= 4 is 5.95 Å². The lowest BCUT2D eigenvalue weighted by Crippen LogP contribution is -2.44. The Labute approximate surface area is 126 Å². The third-order valence-electron chi connectivity index (χ3n) is 3.39. The van der Waals surface area contributed by atoms with E-state index in [-0.39, 0.29) is 12.2 Å². The number of ether oxygens (including phenoxy) is 1. The van der Waals surface area contributed by atoms with Crippen LogP contribution < -0.4 is 15.0 Å². The number of rotatable bonds is 5. The molecule has 1 N–H and O–H groups in total. The van der Waals surface area contributed by atoms with Crippen molar-refractivity contribution in [3.8, 4) is 5.75 Å². The molecule has 1 aromatic heterocycles. The van der Waals surface area contributed by atoms with Gasteiger partial charge in [0.1, 0.15) is 5.75 Å². The molecule has 1 saturated heterocycles. The Morgan fingerprint density at radius 1 is 1.27 bits per heavy atom. The van der Waals surface area contributed by atoms with Crippen LogP contribution in [0.1, 0.15) is 11.5 Å². The first kappa shape index (κ1) is 14.7. The van der Waals surface area contributed by atoms with E-state index in [2.05, 4.69) is 20.2 Å². The molecule has 0 radical (unpaired) electrons. The number of hydrogen-bond donors (Lipinski definition) is 1. The summed E-state index contributed by atoms with van der Waals surface area (Å²) in [6, 6.07) is 6.59. The normalized spacial score (nSPS) is 15.3. The quantitative estimate of drug-likeness (QED) is 0.906. The molecular formula is C14H16F2N4O2. The Bertz CT molecular complexity index is 614. The minimum Gasteiger partial charge on any atom is -0.435 e. The lowest BCUT2D eigenvalue weighted by Gasteiger charge is -2.25. The summed E-state index contributed by atoms with van der Waals surface area (Å²) in [5.74, 6) is 1.03. The van der Waals surface area contributed by atoms with Crippen molar-refractivity contribution in [2.24, 2.45) is 0 Å². The molecule has 8 heteroatoms. The van der Waals surface area contributed by atoms with Gasteiger partial charge in [0.25, 0.3) is 5.95 Å². The number of para-hydroxylation sites is 1. The van der Waals surface area contributed by atoms with E-state index in [1.54, 1.807) is 18.2 Å². The highest BCUT2D eigenvalue weighted by atomic mass is 19.3. The summed E-state index contributed by atoms with van der Waals surface area (Å²) in [5.41, 5.74) is 0.582. The van der Waals surface area contributed by atoms with E-state index in [1.165, 1.54) is 6.07 Å². The first-order valence-corrected chi connectivity index (χ1v) is 7.03. The van der Waals surface area contributed by atoms with Crippen molar-refractivity contribution in [3.63, 3.8) is 0 Å². The lowest BCUT2D eigenvalue weighted by molar-refractivity contribution is -0.0504. The van der Waals surface area contributed by atoms with E-state index < -0.39 is 6.61 Å². The number of benzene rings is 1. The van der Waals surface area contributed by atoms with Gasteiger partial charge in [-0.05, 0) is 11.2 Å². The minimum absolute atomic E-state index is 0.124. The van der Waals surface area contributed by atoms with Gasteiger partial charge < -0.3 is 19.5 Å². The average Bonchev–Trinajstić information content (AvgIpc) is 2.98. The number of anilines is 1. The molecule has 6 nitrogen and oxygen atoms in total. The first-order chi connectivity index (χ1) is 10.7. The van der Waals surface area contributed by atoms with E-state index >= 15 is 0 Å². The molecule has 3 rings (SSSR count). The number of nitrogens with one attached hydrogen (secondary N) is 1. The van der Waals surface area contributed by atoms with Crippen LogP contribution in [0.5, 0.6) is 5.75 Å². The summed E-state index contributed by atoms with van der Waals surface area (Å²) in [4.78, 5) is 6.35. The Balaban J connectivity index is 1.72. The van der Waals surface area contributed by atoms with Gasteiger partial charge in [-0.25, -0.2) is 0 Å². The standard InChI is InChI=1S/C14H16F2N4O2/c15-13(16)21-11-4-2-1-3-10(11)9-12-18-14(19-22-12)20-7-5-17-6-8-20/h1-4,13,17H,5-9H2. The van der Waals surface area contributed by atoms with Gasteiger partial charge in [0.15, 0.2) is 0 Å². The zero-order valence-corrected chi connectivity index (χ0v) is 11.8. The summed E-state index contributed by atoms with van der Waals surface area (Å²) in [7, 11) is 0. The molecule has 22 heavy (non-hydrogen) atoms. The van der Waals surface area contributed by atoms with Crippen molar-refractivity contribution in [3.05, 3.63) is 35.7 Å². The van der Waals surface area contributed by atoms with Crippen molar-refractivity contribution in [2.45, 2.75) is 13.0 Å². The summed E-state index contributed by atoms with van der Waals surface area (Å²) in [6.07, 6.45) is 0.252. The molecule has 1 aromatic carbocycles. The van der Waals surface area contributed by atoms with Crippen molar-refractivity contribution in [1.29, 1.82) is 0 Å². The van der Waals surface area contributed by atoms with Crippen molar-refractivity contribution in [1.82, 2.24) is 15.5 Å². The van der Waals surface area contributed by atoms with Gasteiger partial charge in [-0.15, -0.1) is 0 Å². The predicted octanol–water partition coefficient (Wildman–Crippen LogP) is 1.67. The highest BCUT2D eigenvalue weighted by Gasteiger charge is 2.18. The first-order valence-electron chi connectivity index (χ1n) is 7.03. The molecule has 0 unspecified atom stereocenters. The van der Waals surface area contributed by atoms with E-state index in [9.17, 15) is 8.78 Å². The summed E-state index contributed by atoms with van der Waals surface area (Å²) < 4.78 is 34.5. The summed E-state index contributed by atoms with van der Waals surface area (Å²) >= 11 is 0. The fraction of sp³-hybridized carbons (Fsp3) is 0.429. The Morgan fingerprint density at radius 2 is 2.05 bits per heavy atom. The van der Waals surface area contributed by atoms with Gasteiger partial charge in [-0.3, -0.25) is 0 Å². The highest BCUT2D eigenvalue weighted by Crippen LogP contribution is 2.23. The van der Waals surface area contributed by atoms with Crippen LogP contribution in [0.15, 0.2) is 28.8 Å². The number of aromatic nitrogens is 2. The third kappa shape index (κ3) is 3.51. The lowest BCUT2D eigenvalue weighted by atomic mass is 10.1. The van der Waals surface area contributed by atoms with Crippen LogP contribution in [0.2, 0.25) is 0 Å². The molecule has 118 valence electrons. The molecule has 0 saturated carbocycles. The van der Waals surface area contributed by atoms with E-state index in [4.69, 9.17) is 4.52 Å². The number of halogens is 2. The molecule has 1 aliphatic heterocycles. The van der Waals surface area contributed by atoms with Gasteiger partial charge in [-0.2, -0.15) is 13.8 Å². The second-order valence-electron chi connectivity index (χ2n) is 4.89. The second-order valence-corrected chi connectivity index (χ2v) is 4.89. The smallest absolute Gasteiger partial charge is 0.387 e. The van der Waals surface area contributed by atoms with Crippen LogP contribution in [0.4, 0.5) is 14.7 Å². The van der Waals surface area contributed by atoms with Gasteiger partial charge in [0.2, 0.25) is 5.89 Å². The fourth-order valence-electron chi connectivity index (χ4n) is 2.33. The van der Waals surface area contributed by atoms with Crippen LogP contribution in [0.25, 0.3) is 0 Å². The Kier molecular flexibility index (Phi) is 4.47. The largest absolute Gasteiger partial charge is 0.435 e. The van der Waals surface area contributed by atoms with E-state index in [0.717, 1.165) is 26.2 Å². The average molecular weight is 310 g/mol. The Morgan fingerprint density at radius 3 is 2.82 bits per heavy atom. The number of piperazine rings is 1. The van der Waals surface area contributed by atoms with Crippen LogP contribution in [0, 0.1) is 0 Å². The SMILES string of the molecule is FC(F)Oc1ccccc1Cc1nc(N2CCNCC2)no1. The van der Waals surface area contributed by atoms with Crippen LogP contribution >= 0.6 is 0 Å². The molecule has 0 amide bonds. The van der Waals surface area contributed by atoms with Crippen molar-refractivity contribution < 1.29 is 18.0 Å². The Hall–Kier alpha value is -2.22. The zero-order valence-electron chi connectivity index (χ0n) is 11.8. The van der Waals surface area contributed by atoms with Gasteiger partial charge in [0, 0.05) is 31.7 Å². The second kappa shape index (κ2) is 6.69. The van der Waals surface area contributed by atoms with Gasteiger partial charge in [0.05, 0.1) is 6.42 Å². The molecule has 0 aliphatic carbocycles. The van der Waals surface area contributed by atoms with Crippen LogP contribution in [-0.4, -0.2) is 42.9 Å². The monoisotopic (exact) mass is 310 g/mol. The number of hydrogen-bond acceptors (Lipinski definition) is 6. The maximum Gasteiger partial charge on any atom is 0.387 e. The maximum absolute atomic E-state index is 12.4. The van der Waals surface area contributed by atoms with Crippen molar-refractivity contribution in [2.75, 3.05) is 31.1 Å². The van der Waals surface area contributed by atoms with E-state index in [0.29, 0.717) is 17.4 Å². The third-order valence-corrected chi connectivity index (χ3v) is 3.39. The molecule has 2 aromatic rings. The van der Waals surface area contributed by atoms with Gasteiger partial charge >= 0.3 is 6.61 Å².